The molecule has 0 aromatic rings. The van der Waals surface area contributed by atoms with Crippen molar-refractivity contribution in [3.8, 4) is 0 Å². The van der Waals surface area contributed by atoms with E-state index in [1.807, 2.05) is 0 Å². The van der Waals surface area contributed by atoms with Crippen LogP contribution < -0.4 is 5.73 Å². The van der Waals surface area contributed by atoms with Gasteiger partial charge in [-0.1, -0.05) is 0 Å². The molecule has 0 saturated carbocycles. The van der Waals surface area contributed by atoms with Gasteiger partial charge in [0, 0.05) is 37.3 Å². The standard InChI is InChI=1S/C14H27N3O/c1-11-12(5-9-18-11)16(2)14(10-15)6-8-17-7-3-4-13(14)17/h11-13H,3-10,15H2,1-2H3. The van der Waals surface area contributed by atoms with Crippen LogP contribution in [0.4, 0.5) is 0 Å². The second kappa shape index (κ2) is 4.75. The molecule has 3 rings (SSSR count). The average Bonchev–Trinajstić information content (AvgIpc) is 3.03. The Balaban J connectivity index is 1.82. The number of rotatable bonds is 3. The minimum Gasteiger partial charge on any atom is -0.377 e. The quantitative estimate of drug-likeness (QED) is 0.802. The van der Waals surface area contributed by atoms with Crippen LogP contribution >= 0.6 is 0 Å². The lowest BCUT2D eigenvalue weighted by atomic mass is 9.85. The summed E-state index contributed by atoms with van der Waals surface area (Å²) in [6, 6.07) is 1.23. The molecule has 0 aromatic heterocycles. The van der Waals surface area contributed by atoms with Crippen molar-refractivity contribution in [2.24, 2.45) is 5.73 Å². The molecule has 0 aliphatic carbocycles. The van der Waals surface area contributed by atoms with Crippen molar-refractivity contribution in [1.82, 2.24) is 9.80 Å². The highest BCUT2D eigenvalue weighted by molar-refractivity contribution is 5.11. The largest absolute Gasteiger partial charge is 0.377 e. The van der Waals surface area contributed by atoms with Gasteiger partial charge in [0.05, 0.1) is 6.10 Å². The van der Waals surface area contributed by atoms with Crippen molar-refractivity contribution in [2.45, 2.75) is 56.3 Å². The predicted molar refractivity (Wildman–Crippen MR) is 72.6 cm³/mol. The van der Waals surface area contributed by atoms with E-state index in [9.17, 15) is 0 Å². The van der Waals surface area contributed by atoms with Crippen molar-refractivity contribution < 1.29 is 4.74 Å². The van der Waals surface area contributed by atoms with Crippen molar-refractivity contribution >= 4 is 0 Å². The summed E-state index contributed by atoms with van der Waals surface area (Å²) in [7, 11) is 2.28. The molecule has 2 N–H and O–H groups in total. The molecule has 4 atom stereocenters. The van der Waals surface area contributed by atoms with Gasteiger partial charge in [-0.15, -0.1) is 0 Å². The topological polar surface area (TPSA) is 41.7 Å². The number of hydrogen-bond donors (Lipinski definition) is 1. The van der Waals surface area contributed by atoms with E-state index < -0.39 is 0 Å². The molecule has 4 nitrogen and oxygen atoms in total. The summed E-state index contributed by atoms with van der Waals surface area (Å²) >= 11 is 0. The number of nitrogens with zero attached hydrogens (tertiary/aromatic N) is 2. The lowest BCUT2D eigenvalue weighted by molar-refractivity contribution is 0.0146. The van der Waals surface area contributed by atoms with Gasteiger partial charge < -0.3 is 10.5 Å². The van der Waals surface area contributed by atoms with E-state index in [1.54, 1.807) is 0 Å². The third kappa shape index (κ3) is 1.73. The number of hydrogen-bond acceptors (Lipinski definition) is 4. The summed E-state index contributed by atoms with van der Waals surface area (Å²) < 4.78 is 5.75. The molecule has 18 heavy (non-hydrogen) atoms. The van der Waals surface area contributed by atoms with E-state index in [0.717, 1.165) is 19.6 Å². The molecule has 0 spiro atoms. The third-order valence-corrected chi connectivity index (χ3v) is 5.71. The van der Waals surface area contributed by atoms with Crippen LogP contribution in [0.15, 0.2) is 0 Å². The molecule has 0 amide bonds. The number of fused-ring (bicyclic) bond motifs is 1. The van der Waals surface area contributed by atoms with Gasteiger partial charge in [-0.3, -0.25) is 9.80 Å². The molecule has 0 bridgehead atoms. The predicted octanol–water partition coefficient (Wildman–Crippen LogP) is 0.661. The normalized spacial score (nSPS) is 45.0. The summed E-state index contributed by atoms with van der Waals surface area (Å²) in [5, 5.41) is 0. The van der Waals surface area contributed by atoms with Crippen LogP contribution in [0.1, 0.15) is 32.6 Å². The molecule has 4 heteroatoms. The van der Waals surface area contributed by atoms with E-state index in [4.69, 9.17) is 10.5 Å². The second-order valence-corrected chi connectivity index (χ2v) is 6.29. The summed E-state index contributed by atoms with van der Waals surface area (Å²) in [6.07, 6.45) is 5.41. The molecule has 0 radical (unpaired) electrons. The van der Waals surface area contributed by atoms with Gasteiger partial charge in [-0.05, 0) is 46.2 Å². The number of nitrogens with two attached hydrogens (primary N) is 1. The first kappa shape index (κ1) is 12.9. The summed E-state index contributed by atoms with van der Waals surface area (Å²) in [5.41, 5.74) is 6.43. The van der Waals surface area contributed by atoms with Gasteiger partial charge in [-0.2, -0.15) is 0 Å². The zero-order valence-electron chi connectivity index (χ0n) is 11.8. The lowest BCUT2D eigenvalue weighted by Crippen LogP contribution is -2.62. The van der Waals surface area contributed by atoms with Gasteiger partial charge in [0.15, 0.2) is 0 Å². The molecular formula is C14H27N3O. The zero-order chi connectivity index (χ0) is 12.8. The molecule has 0 aromatic carbocycles. The number of ether oxygens (including phenoxy) is 1. The van der Waals surface area contributed by atoms with Gasteiger partial charge >= 0.3 is 0 Å². The monoisotopic (exact) mass is 253 g/mol. The van der Waals surface area contributed by atoms with Crippen LogP contribution in [0.5, 0.6) is 0 Å². The molecule has 104 valence electrons. The van der Waals surface area contributed by atoms with Crippen LogP contribution in [0.25, 0.3) is 0 Å². The van der Waals surface area contributed by atoms with E-state index in [2.05, 4.69) is 23.8 Å². The minimum atomic E-state index is 0.198. The first-order chi connectivity index (χ1) is 8.69. The third-order valence-electron chi connectivity index (χ3n) is 5.71. The Morgan fingerprint density at radius 2 is 2.22 bits per heavy atom. The maximum atomic E-state index is 6.23. The Kier molecular flexibility index (Phi) is 3.39. The van der Waals surface area contributed by atoms with Crippen LogP contribution in [0, 0.1) is 0 Å². The molecule has 3 aliphatic rings. The van der Waals surface area contributed by atoms with Crippen molar-refractivity contribution in [2.75, 3.05) is 33.3 Å². The Bertz CT molecular complexity index is 311. The minimum absolute atomic E-state index is 0.198. The molecule has 3 heterocycles. The van der Waals surface area contributed by atoms with Crippen molar-refractivity contribution in [1.29, 1.82) is 0 Å². The highest BCUT2D eigenvalue weighted by Crippen LogP contribution is 2.41. The fraction of sp³-hybridized carbons (Fsp3) is 1.00. The highest BCUT2D eigenvalue weighted by atomic mass is 16.5. The lowest BCUT2D eigenvalue weighted by Gasteiger charge is -2.46. The highest BCUT2D eigenvalue weighted by Gasteiger charge is 2.53. The average molecular weight is 253 g/mol. The maximum absolute atomic E-state index is 6.23. The van der Waals surface area contributed by atoms with Crippen molar-refractivity contribution in [3.63, 3.8) is 0 Å². The first-order valence-corrected chi connectivity index (χ1v) is 7.48. The first-order valence-electron chi connectivity index (χ1n) is 7.48. The summed E-state index contributed by atoms with van der Waals surface area (Å²) in [4.78, 5) is 5.24. The van der Waals surface area contributed by atoms with Gasteiger partial charge in [-0.25, -0.2) is 0 Å². The van der Waals surface area contributed by atoms with E-state index >= 15 is 0 Å². The SMILES string of the molecule is CC1OCCC1N(C)C1(CN)CCN2CCCC21. The van der Waals surface area contributed by atoms with Crippen molar-refractivity contribution in [3.05, 3.63) is 0 Å². The van der Waals surface area contributed by atoms with Crippen LogP contribution in [-0.2, 0) is 4.74 Å². The van der Waals surface area contributed by atoms with Gasteiger partial charge in [0.2, 0.25) is 0 Å². The van der Waals surface area contributed by atoms with Gasteiger partial charge in [0.1, 0.15) is 0 Å². The molecule has 3 aliphatic heterocycles. The molecule has 3 saturated heterocycles. The van der Waals surface area contributed by atoms with Gasteiger partial charge in [0.25, 0.3) is 0 Å². The van der Waals surface area contributed by atoms with E-state index in [0.29, 0.717) is 18.2 Å². The number of likely N-dealkylation sites (N-methyl/N-ethyl adjacent to an activating group) is 1. The van der Waals surface area contributed by atoms with Crippen LogP contribution in [-0.4, -0.2) is 66.8 Å². The smallest absolute Gasteiger partial charge is 0.0703 e. The van der Waals surface area contributed by atoms with E-state index in [1.165, 1.54) is 32.4 Å². The van der Waals surface area contributed by atoms with E-state index in [-0.39, 0.29) is 5.54 Å². The fourth-order valence-electron chi connectivity index (χ4n) is 4.56. The molecule has 4 unspecified atom stereocenters. The Hall–Kier alpha value is -0.160. The van der Waals surface area contributed by atoms with Crippen LogP contribution in [0.2, 0.25) is 0 Å². The Morgan fingerprint density at radius 1 is 1.39 bits per heavy atom. The molecule has 3 fully saturated rings. The summed E-state index contributed by atoms with van der Waals surface area (Å²) in [6.45, 7) is 6.41. The van der Waals surface area contributed by atoms with Crippen LogP contribution in [0.3, 0.4) is 0 Å². The molecular weight excluding hydrogens is 226 g/mol. The fourth-order valence-corrected chi connectivity index (χ4v) is 4.56. The Morgan fingerprint density at radius 3 is 2.89 bits per heavy atom. The zero-order valence-corrected chi connectivity index (χ0v) is 11.8. The maximum Gasteiger partial charge on any atom is 0.0703 e. The summed E-state index contributed by atoms with van der Waals surface area (Å²) in [5.74, 6) is 0. The second-order valence-electron chi connectivity index (χ2n) is 6.29. The Labute approximate surface area is 110 Å².